The van der Waals surface area contributed by atoms with Gasteiger partial charge in [-0.1, -0.05) is 175 Å². The quantitative estimate of drug-likeness (QED) is 0.216. The van der Waals surface area contributed by atoms with E-state index in [4.69, 9.17) is 10.2 Å². The number of hydrogen-bond acceptors (Lipinski definition) is 4. The molecular formula is C35H109NO6. The van der Waals surface area contributed by atoms with Gasteiger partial charge in [0, 0.05) is 25.5 Å². The summed E-state index contributed by atoms with van der Waals surface area (Å²) in [7, 11) is 0. The van der Waals surface area contributed by atoms with Crippen molar-refractivity contribution < 1.29 is 29.3 Å². The highest BCUT2D eigenvalue weighted by molar-refractivity contribution is 5.75. The van der Waals surface area contributed by atoms with Crippen molar-refractivity contribution >= 4 is 17.8 Å². The summed E-state index contributed by atoms with van der Waals surface area (Å²) >= 11 is 0. The van der Waals surface area contributed by atoms with Gasteiger partial charge in [-0.2, -0.15) is 0 Å². The van der Waals surface area contributed by atoms with Gasteiger partial charge in [-0.25, -0.2) is 4.79 Å². The molecule has 0 aromatic carbocycles. The number of carboxylic acid groups (broad SMARTS) is 2. The molecule has 0 aliphatic rings. The van der Waals surface area contributed by atoms with Crippen molar-refractivity contribution in [2.45, 2.75) is 190 Å². The summed E-state index contributed by atoms with van der Waals surface area (Å²) in [5, 5.41) is 19.2. The highest BCUT2D eigenvalue weighted by Gasteiger charge is 2.14. The van der Waals surface area contributed by atoms with Gasteiger partial charge in [-0.3, -0.25) is 9.59 Å². The lowest BCUT2D eigenvalue weighted by Crippen LogP contribution is -2.30. The van der Waals surface area contributed by atoms with Crippen LogP contribution in [0.3, 0.4) is 0 Å². The van der Waals surface area contributed by atoms with Crippen LogP contribution in [0.4, 0.5) is 0 Å². The van der Waals surface area contributed by atoms with Crippen molar-refractivity contribution in [2.24, 2.45) is 5.92 Å². The number of ether oxygens (including phenoxy) is 1. The molecule has 0 saturated carbocycles. The molecule has 0 aliphatic carbocycles. The van der Waals surface area contributed by atoms with E-state index in [0.29, 0.717) is 19.6 Å². The number of hydrogen-bond donors (Lipinski definition) is 3. The third kappa shape index (κ3) is 179. The molecule has 3 N–H and O–H groups in total. The Bertz CT molecular complexity index is 361. The molecule has 42 heavy (non-hydrogen) atoms. The summed E-state index contributed by atoms with van der Waals surface area (Å²) in [6.45, 7) is 9.61. The Kier molecular flexibility index (Phi) is 701. The molecule has 7 nitrogen and oxygen atoms in total. The Morgan fingerprint density at radius 3 is 1.05 bits per heavy atom. The molecule has 0 heterocycles. The van der Waals surface area contributed by atoms with Crippen LogP contribution >= 0.6 is 0 Å². The molecule has 0 aromatic rings. The van der Waals surface area contributed by atoms with Gasteiger partial charge in [0.1, 0.15) is 6.61 Å². The van der Waals surface area contributed by atoms with Crippen molar-refractivity contribution in [1.82, 2.24) is 5.32 Å². The lowest BCUT2D eigenvalue weighted by atomic mass is 9.98. The average molecular weight is 640 g/mol. The molecule has 0 aliphatic heterocycles. The molecule has 0 rings (SSSR count). The second-order valence-corrected chi connectivity index (χ2v) is 4.33. The van der Waals surface area contributed by atoms with E-state index in [1.165, 1.54) is 0 Å². The minimum atomic E-state index is -0.915. The number of carbonyl (C=O) groups excluding carboxylic acids is 1. The van der Waals surface area contributed by atoms with E-state index in [0.717, 1.165) is 5.57 Å². The van der Waals surface area contributed by atoms with E-state index < -0.39 is 11.9 Å². The minimum absolute atomic E-state index is 0. The zero-order valence-electron chi connectivity index (χ0n) is 12.8. The SMILES string of the molecule is C.C.C.C.C.C.C.C.C.C.C.C.C.C.C.C.C.C.C.C.C.C=C(C)C(CNC(=O)CC)CC(=O)O.CCOCC(=O)O. The van der Waals surface area contributed by atoms with Crippen LogP contribution in [-0.2, 0) is 19.1 Å². The Morgan fingerprint density at radius 2 is 0.905 bits per heavy atom. The fourth-order valence-electron chi connectivity index (χ4n) is 1.18. The summed E-state index contributed by atoms with van der Waals surface area (Å²) in [6.07, 6.45) is 0.426. The van der Waals surface area contributed by atoms with Crippen LogP contribution in [0.5, 0.6) is 0 Å². The van der Waals surface area contributed by atoms with Crippen LogP contribution in [0.25, 0.3) is 0 Å². The highest BCUT2D eigenvalue weighted by Crippen LogP contribution is 2.11. The maximum atomic E-state index is 10.9. The van der Waals surface area contributed by atoms with Crippen LogP contribution in [-0.4, -0.2) is 47.8 Å². The lowest BCUT2D eigenvalue weighted by molar-refractivity contribution is -0.142. The average Bonchev–Trinajstić information content (AvgIpc) is 2.40. The molecule has 0 spiro atoms. The molecule has 1 atom stereocenters. The first kappa shape index (κ1) is 210. The van der Waals surface area contributed by atoms with Gasteiger partial charge in [-0.15, -0.1) is 0 Å². The predicted molar refractivity (Wildman–Crippen MR) is 219 cm³/mol. The van der Waals surface area contributed by atoms with Crippen LogP contribution in [0.1, 0.15) is 190 Å². The van der Waals surface area contributed by atoms with Gasteiger partial charge in [0.05, 0.1) is 6.42 Å². The zero-order valence-corrected chi connectivity index (χ0v) is 12.8. The van der Waals surface area contributed by atoms with E-state index in [2.05, 4.69) is 16.6 Å². The first-order valence-corrected chi connectivity index (χ1v) is 6.67. The topological polar surface area (TPSA) is 113 Å². The van der Waals surface area contributed by atoms with Crippen LogP contribution in [0, 0.1) is 5.92 Å². The fourth-order valence-corrected chi connectivity index (χ4v) is 1.18. The number of carbonyl (C=O) groups is 3. The van der Waals surface area contributed by atoms with Crippen molar-refractivity contribution in [3.8, 4) is 0 Å². The number of rotatable bonds is 9. The highest BCUT2D eigenvalue weighted by atomic mass is 16.5. The molecule has 1 amide bonds. The third-order valence-corrected chi connectivity index (χ3v) is 2.41. The zero-order chi connectivity index (χ0) is 16.8. The van der Waals surface area contributed by atoms with E-state index in [1.807, 2.05) is 0 Å². The van der Waals surface area contributed by atoms with Crippen LogP contribution < -0.4 is 5.32 Å². The second-order valence-electron chi connectivity index (χ2n) is 4.33. The summed E-state index contributed by atoms with van der Waals surface area (Å²) in [6, 6.07) is 0. The van der Waals surface area contributed by atoms with Crippen LogP contribution in [0.15, 0.2) is 12.2 Å². The standard InChI is InChI=1S/C10H17NO3.C4H8O3.21CH4/c1-4-9(12)11-6-8(7(2)3)5-10(13)14;1-2-7-3-4(5)6;;;;;;;;;;;;;;;;;;;;;/h8H,2,4-6H2,1,3H3,(H,11,12)(H,13,14);2-3H2,1H3,(H,5,6);21*1H4. The predicted octanol–water partition coefficient (Wildman–Crippen LogP) is 14.6. The maximum Gasteiger partial charge on any atom is 0.329 e. The van der Waals surface area contributed by atoms with Crippen LogP contribution in [0.2, 0.25) is 0 Å². The number of aliphatic carboxylic acids is 2. The van der Waals surface area contributed by atoms with Gasteiger partial charge >= 0.3 is 11.9 Å². The van der Waals surface area contributed by atoms with E-state index in [-0.39, 0.29) is 181 Å². The molecule has 0 bridgehead atoms. The maximum absolute atomic E-state index is 10.9. The number of carboxylic acids is 2. The Morgan fingerprint density at radius 1 is 0.619 bits per heavy atom. The summed E-state index contributed by atoms with van der Waals surface area (Å²) in [4.78, 5) is 31.0. The van der Waals surface area contributed by atoms with Crippen molar-refractivity contribution in [2.75, 3.05) is 19.8 Å². The van der Waals surface area contributed by atoms with E-state index >= 15 is 0 Å². The molecule has 0 fully saturated rings. The largest absolute Gasteiger partial charge is 0.481 e. The lowest BCUT2D eigenvalue weighted by Gasteiger charge is -2.15. The van der Waals surface area contributed by atoms with Crippen molar-refractivity contribution in [3.63, 3.8) is 0 Å². The first-order valence-electron chi connectivity index (χ1n) is 6.67. The smallest absolute Gasteiger partial charge is 0.329 e. The molecule has 1 unspecified atom stereocenters. The summed E-state index contributed by atoms with van der Waals surface area (Å²) < 4.78 is 4.50. The molecule has 0 saturated heterocycles. The molecular weight excluding hydrogens is 530 g/mol. The number of nitrogens with one attached hydrogen (secondary N) is 1. The summed E-state index contributed by atoms with van der Waals surface area (Å²) in [5.74, 6) is -2.03. The Hall–Kier alpha value is -1.89. The van der Waals surface area contributed by atoms with Crippen molar-refractivity contribution in [1.29, 1.82) is 0 Å². The fraction of sp³-hybridized carbons (Fsp3) is 0.857. The molecule has 0 aromatic heterocycles. The van der Waals surface area contributed by atoms with Gasteiger partial charge in [-0.05, 0) is 13.8 Å². The Balaban J connectivity index is -0.00000000575. The third-order valence-electron chi connectivity index (χ3n) is 2.41. The van der Waals surface area contributed by atoms with E-state index in [1.54, 1.807) is 20.8 Å². The molecule has 0 radical (unpaired) electrons. The van der Waals surface area contributed by atoms with Gasteiger partial charge in [0.15, 0.2) is 0 Å². The Labute approximate surface area is 279 Å². The number of amides is 1. The monoisotopic (exact) mass is 640 g/mol. The van der Waals surface area contributed by atoms with E-state index in [9.17, 15) is 14.4 Å². The minimum Gasteiger partial charge on any atom is -0.481 e. The molecule has 7 heteroatoms. The normalized spacial score (nSPS) is 5.40. The van der Waals surface area contributed by atoms with Crippen molar-refractivity contribution in [3.05, 3.63) is 12.2 Å². The van der Waals surface area contributed by atoms with Gasteiger partial charge < -0.3 is 20.3 Å². The molecule has 290 valence electrons. The second kappa shape index (κ2) is 140. The first-order chi connectivity index (χ1) is 9.74. The van der Waals surface area contributed by atoms with Gasteiger partial charge in [0.2, 0.25) is 5.91 Å². The van der Waals surface area contributed by atoms with Gasteiger partial charge in [0.25, 0.3) is 0 Å². The summed E-state index contributed by atoms with van der Waals surface area (Å²) in [5.41, 5.74) is 0.781.